The van der Waals surface area contributed by atoms with Crippen molar-refractivity contribution in [1.29, 1.82) is 0 Å². The van der Waals surface area contributed by atoms with Crippen molar-refractivity contribution >= 4 is 4.21 Å². The van der Waals surface area contributed by atoms with Gasteiger partial charge in [0, 0.05) is 0 Å². The molecule has 0 bridgehead atoms. The first-order valence-corrected chi connectivity index (χ1v) is 2.98. The van der Waals surface area contributed by atoms with Gasteiger partial charge in [-0.1, -0.05) is 0 Å². The molecule has 0 saturated heterocycles. The summed E-state index contributed by atoms with van der Waals surface area (Å²) in [5.74, 6) is 0. The monoisotopic (exact) mass is 272 g/mol. The van der Waals surface area contributed by atoms with Gasteiger partial charge in [0.15, 0.2) is 0 Å². The van der Waals surface area contributed by atoms with Gasteiger partial charge in [0.25, 0.3) is 0 Å². The predicted octanol–water partition coefficient (Wildman–Crippen LogP) is -0.351. The molecule has 0 saturated carbocycles. The van der Waals surface area contributed by atoms with Gasteiger partial charge in [-0.25, -0.2) is 0 Å². The summed E-state index contributed by atoms with van der Waals surface area (Å²) in [7, 11) is 0. The number of hydrogen-bond donors (Lipinski definition) is 0. The van der Waals surface area contributed by atoms with E-state index in [2.05, 4.69) is 9.97 Å². The van der Waals surface area contributed by atoms with Crippen LogP contribution in [0.1, 0.15) is 0 Å². The molecule has 0 aliphatic heterocycles. The molecule has 1 aromatic heterocycles. The molecule has 0 fully saturated rings. The van der Waals surface area contributed by atoms with Crippen LogP contribution in [0.3, 0.4) is 0 Å². The van der Waals surface area contributed by atoms with Gasteiger partial charge in [-0.15, -0.1) is 0 Å². The van der Waals surface area contributed by atoms with Crippen molar-refractivity contribution in [2.24, 2.45) is 0 Å². The van der Waals surface area contributed by atoms with E-state index in [9.17, 15) is 0 Å². The molecule has 1 heterocycles. The molecular formula is C4H3IrN2. The van der Waals surface area contributed by atoms with Crippen molar-refractivity contribution < 1.29 is 18.9 Å². The molecule has 1 rings (SSSR count). The van der Waals surface area contributed by atoms with E-state index >= 15 is 0 Å². The van der Waals surface area contributed by atoms with E-state index in [1.54, 1.807) is 18.6 Å². The number of aromatic nitrogens is 2. The Balaban J connectivity index is 3.02. The molecular weight excluding hydrogens is 268 g/mol. The van der Waals surface area contributed by atoms with Gasteiger partial charge in [-0.05, 0) is 0 Å². The minimum atomic E-state index is 0.961. The summed E-state index contributed by atoms with van der Waals surface area (Å²) in [6, 6.07) is 0. The summed E-state index contributed by atoms with van der Waals surface area (Å²) < 4.78 is 0.961. The molecule has 38 valence electrons. The minimum absolute atomic E-state index is 0.961. The molecule has 0 aliphatic rings. The second-order valence-corrected chi connectivity index (χ2v) is 2.23. The quantitative estimate of drug-likeness (QED) is 0.644. The van der Waals surface area contributed by atoms with E-state index < -0.39 is 0 Å². The summed E-state index contributed by atoms with van der Waals surface area (Å²) in [6.45, 7) is 0. The van der Waals surface area contributed by atoms with Gasteiger partial charge in [0.1, 0.15) is 0 Å². The van der Waals surface area contributed by atoms with Crippen molar-refractivity contribution in [2.45, 2.75) is 0 Å². The maximum absolute atomic E-state index is 3.92. The molecule has 1 aromatic rings. The molecule has 0 atom stereocenters. The maximum atomic E-state index is 3.92. The zero-order chi connectivity index (χ0) is 5.11. The van der Waals surface area contributed by atoms with Crippen molar-refractivity contribution in [2.75, 3.05) is 0 Å². The van der Waals surface area contributed by atoms with E-state index in [1.165, 1.54) is 0 Å². The Morgan fingerprint density at radius 3 is 2.57 bits per heavy atom. The van der Waals surface area contributed by atoms with E-state index in [-0.39, 0.29) is 0 Å². The van der Waals surface area contributed by atoms with Crippen molar-refractivity contribution in [3.05, 3.63) is 18.6 Å². The predicted molar refractivity (Wildman–Crippen MR) is 21.7 cm³/mol. The van der Waals surface area contributed by atoms with Gasteiger partial charge in [0.05, 0.1) is 0 Å². The normalized spacial score (nSPS) is 8.86. The van der Waals surface area contributed by atoms with Crippen LogP contribution in [0, 0.1) is 0 Å². The Bertz CT molecular complexity index is 140. The Kier molecular flexibility index (Phi) is 1.49. The number of hydrogen-bond acceptors (Lipinski definition) is 2. The van der Waals surface area contributed by atoms with Gasteiger partial charge >= 0.3 is 51.7 Å². The van der Waals surface area contributed by atoms with Crippen molar-refractivity contribution in [3.63, 3.8) is 0 Å². The summed E-state index contributed by atoms with van der Waals surface area (Å²) >= 11 is 1.91. The number of nitrogens with zero attached hydrogens (tertiary/aromatic N) is 2. The fraction of sp³-hybridized carbons (Fsp3) is 0. The number of rotatable bonds is 0. The Morgan fingerprint density at radius 1 is 1.43 bits per heavy atom. The molecule has 0 spiro atoms. The average molecular weight is 271 g/mol. The second kappa shape index (κ2) is 2.14. The van der Waals surface area contributed by atoms with Gasteiger partial charge in [-0.2, -0.15) is 0 Å². The third-order valence-corrected chi connectivity index (χ3v) is 1.14. The molecule has 0 unspecified atom stereocenters. The molecule has 0 N–H and O–H groups in total. The molecule has 0 amide bonds. The van der Waals surface area contributed by atoms with Crippen LogP contribution in [0.15, 0.2) is 18.6 Å². The van der Waals surface area contributed by atoms with Crippen LogP contribution in [-0.4, -0.2) is 9.97 Å². The van der Waals surface area contributed by atoms with Crippen molar-refractivity contribution in [1.82, 2.24) is 9.97 Å². The topological polar surface area (TPSA) is 25.8 Å². The first-order chi connectivity index (χ1) is 3.39. The fourth-order valence-corrected chi connectivity index (χ4v) is 0.631. The molecule has 0 aliphatic carbocycles. The Labute approximate surface area is 52.2 Å². The summed E-state index contributed by atoms with van der Waals surface area (Å²) in [5, 5.41) is 0. The van der Waals surface area contributed by atoms with Crippen LogP contribution in [0.2, 0.25) is 0 Å². The first kappa shape index (κ1) is 4.88. The third kappa shape index (κ3) is 1.33. The van der Waals surface area contributed by atoms with Crippen LogP contribution in [0.25, 0.3) is 0 Å². The van der Waals surface area contributed by atoms with E-state index in [0.717, 1.165) is 4.21 Å². The molecule has 7 heavy (non-hydrogen) atoms. The standard InChI is InChI=1S/C4H3N2.Ir/c1-2-6-4-3-5-1;/h1-3H;. The van der Waals surface area contributed by atoms with Crippen molar-refractivity contribution in [3.8, 4) is 0 Å². The van der Waals surface area contributed by atoms with E-state index in [1.807, 2.05) is 18.9 Å². The molecule has 0 aromatic carbocycles. The van der Waals surface area contributed by atoms with Gasteiger partial charge in [-0.3, -0.25) is 0 Å². The first-order valence-electron chi connectivity index (χ1n) is 1.79. The zero-order valence-corrected chi connectivity index (χ0v) is 5.85. The Hall–Kier alpha value is -0.271. The Morgan fingerprint density at radius 2 is 2.29 bits per heavy atom. The van der Waals surface area contributed by atoms with Crippen LogP contribution >= 0.6 is 0 Å². The zero-order valence-electron chi connectivity index (χ0n) is 3.46. The second-order valence-electron chi connectivity index (χ2n) is 1.01. The van der Waals surface area contributed by atoms with Crippen LogP contribution in [0.4, 0.5) is 0 Å². The van der Waals surface area contributed by atoms with E-state index in [4.69, 9.17) is 0 Å². The van der Waals surface area contributed by atoms with Gasteiger partial charge < -0.3 is 0 Å². The van der Waals surface area contributed by atoms with Crippen LogP contribution in [0.5, 0.6) is 0 Å². The summed E-state index contributed by atoms with van der Waals surface area (Å²) in [6.07, 6.45) is 5.06. The van der Waals surface area contributed by atoms with Crippen LogP contribution in [-0.2, 0) is 18.9 Å². The van der Waals surface area contributed by atoms with Gasteiger partial charge in [0.2, 0.25) is 0 Å². The summed E-state index contributed by atoms with van der Waals surface area (Å²) in [5.41, 5.74) is 0. The summed E-state index contributed by atoms with van der Waals surface area (Å²) in [4.78, 5) is 7.74. The van der Waals surface area contributed by atoms with Crippen LogP contribution < -0.4 is 4.21 Å². The third-order valence-electron chi connectivity index (χ3n) is 0.520. The van der Waals surface area contributed by atoms with E-state index in [0.29, 0.717) is 0 Å². The SMILES string of the molecule is [Ir][c]1cnccn1. The molecule has 0 radical (unpaired) electrons. The molecule has 2 nitrogen and oxygen atoms in total. The average Bonchev–Trinajstić information content (AvgIpc) is 1.69. The molecule has 3 heteroatoms. The fourth-order valence-electron chi connectivity index (χ4n) is 0.274.